The van der Waals surface area contributed by atoms with Crippen LogP contribution in [0, 0.1) is 23.7 Å². The molecule has 0 radical (unpaired) electrons. The van der Waals surface area contributed by atoms with Gasteiger partial charge in [-0.1, -0.05) is 53.9 Å². The lowest BCUT2D eigenvalue weighted by atomic mass is 10.1. The number of carbonyl (C=O) groups is 3. The lowest BCUT2D eigenvalue weighted by Gasteiger charge is -2.37. The van der Waals surface area contributed by atoms with Crippen LogP contribution in [0.15, 0.2) is 53.7 Å². The Kier molecular flexibility index (Phi) is 7.66. The molecule has 1 unspecified atom stereocenters. The molecule has 2 aromatic carbocycles. The number of nitrogens with zero attached hydrogens (tertiary/aromatic N) is 4. The van der Waals surface area contributed by atoms with E-state index in [4.69, 9.17) is 4.98 Å². The zero-order valence-corrected chi connectivity index (χ0v) is 24.3. The van der Waals surface area contributed by atoms with Gasteiger partial charge in [-0.2, -0.15) is 0 Å². The third kappa shape index (κ3) is 6.00. The molecule has 3 N–H and O–H groups in total. The minimum Gasteiger partial charge on any atom is -0.356 e. The van der Waals surface area contributed by atoms with Crippen molar-refractivity contribution in [2.24, 2.45) is 18.9 Å². The fourth-order valence-corrected chi connectivity index (χ4v) is 5.68. The molecule has 0 saturated heterocycles. The van der Waals surface area contributed by atoms with Crippen LogP contribution < -0.4 is 15.5 Å². The number of thioether (sulfide) groups is 1. The first-order valence-electron chi connectivity index (χ1n) is 14.0. The molecule has 42 heavy (non-hydrogen) atoms. The van der Waals surface area contributed by atoms with E-state index in [1.165, 1.54) is 16.7 Å². The van der Waals surface area contributed by atoms with Gasteiger partial charge in [0.05, 0.1) is 6.54 Å². The Bertz CT molecular complexity index is 1560. The molecule has 3 aliphatic rings. The Morgan fingerprint density at radius 3 is 2.21 bits per heavy atom. The summed E-state index contributed by atoms with van der Waals surface area (Å²) in [5, 5.41) is 17.5. The number of anilines is 3. The zero-order valence-electron chi connectivity index (χ0n) is 23.5. The van der Waals surface area contributed by atoms with E-state index in [2.05, 4.69) is 22.5 Å². The molecular weight excluding hydrogens is 552 g/mol. The van der Waals surface area contributed by atoms with Gasteiger partial charge in [0.25, 0.3) is 5.91 Å². The smallest absolute Gasteiger partial charge is 0.277 e. The van der Waals surface area contributed by atoms with Crippen LogP contribution in [0.3, 0.4) is 0 Å². The van der Waals surface area contributed by atoms with Gasteiger partial charge in [0.15, 0.2) is 16.7 Å². The summed E-state index contributed by atoms with van der Waals surface area (Å²) in [6, 6.07) is 15.3. The number of aliphatic hydroxyl groups excluding tert-OH is 1. The Morgan fingerprint density at radius 1 is 1.00 bits per heavy atom. The van der Waals surface area contributed by atoms with Crippen molar-refractivity contribution in [1.29, 1.82) is 0 Å². The fourth-order valence-electron chi connectivity index (χ4n) is 4.75. The first-order chi connectivity index (χ1) is 20.3. The molecule has 3 aromatic rings. The Labute approximate surface area is 248 Å². The number of fused-ring (bicyclic) bond motifs is 1. The normalized spacial score (nSPS) is 17.8. The largest absolute Gasteiger partial charge is 0.356 e. The molecule has 1 aliphatic heterocycles. The van der Waals surface area contributed by atoms with Gasteiger partial charge in [-0.15, -0.1) is 0 Å². The van der Waals surface area contributed by atoms with Crippen LogP contribution in [0.1, 0.15) is 47.3 Å². The molecule has 6 rings (SSSR count). The molecule has 2 heterocycles. The average Bonchev–Trinajstić information content (AvgIpc) is 3.90. The molecule has 2 fully saturated rings. The van der Waals surface area contributed by atoms with Crippen LogP contribution in [0.4, 0.5) is 17.2 Å². The summed E-state index contributed by atoms with van der Waals surface area (Å²) < 4.78 is 1.76. The number of amides is 3. The van der Waals surface area contributed by atoms with Gasteiger partial charge in [0.2, 0.25) is 18.2 Å². The minimum absolute atomic E-state index is 0.0349. The molecule has 10 nitrogen and oxygen atoms in total. The second-order valence-electron chi connectivity index (χ2n) is 10.9. The van der Waals surface area contributed by atoms with E-state index in [0.717, 1.165) is 31.2 Å². The summed E-state index contributed by atoms with van der Waals surface area (Å²) in [7, 11) is 3.34. The van der Waals surface area contributed by atoms with Gasteiger partial charge in [0.1, 0.15) is 0 Å². The Hall–Kier alpha value is -4.27. The maximum absolute atomic E-state index is 13.1. The summed E-state index contributed by atoms with van der Waals surface area (Å²) in [6.07, 6.45) is 2.29. The lowest BCUT2D eigenvalue weighted by Crippen LogP contribution is -2.54. The van der Waals surface area contributed by atoms with E-state index in [0.29, 0.717) is 39.4 Å². The zero-order chi connectivity index (χ0) is 29.4. The second-order valence-corrected chi connectivity index (χ2v) is 11.9. The monoisotopic (exact) mass is 584 g/mol. The van der Waals surface area contributed by atoms with Crippen molar-refractivity contribution in [2.45, 2.75) is 42.9 Å². The highest BCUT2D eigenvalue weighted by molar-refractivity contribution is 7.98. The third-order valence-electron chi connectivity index (χ3n) is 7.51. The highest BCUT2D eigenvalue weighted by atomic mass is 32.2. The first-order valence-corrected chi connectivity index (χ1v) is 15.0. The molecule has 216 valence electrons. The molecule has 11 heteroatoms. The minimum atomic E-state index is -1.24. The highest BCUT2D eigenvalue weighted by Crippen LogP contribution is 2.34. The molecule has 1 atom stereocenters. The van der Waals surface area contributed by atoms with E-state index in [-0.39, 0.29) is 36.1 Å². The molecule has 3 amide bonds. The number of aliphatic hydroxyl groups is 1. The standard InChI is InChI=1S/C31H32N6O4S/c1-35-25-26(34-30(35)42-18-19-7-4-3-5-8-19)37(31(41)36(2)29(25)40)14-6-9-20-15-23(32-27(38)21-10-11-21)17-24(16-20)33-28(39)22-12-13-22/h3-5,7-8,15-17,21-22,31,41H,10-14,18H2,1-2H3,(H,32,38)(H,33,39). The van der Waals surface area contributed by atoms with Crippen LogP contribution in [0.5, 0.6) is 0 Å². The number of hydrogen-bond acceptors (Lipinski definition) is 7. The number of benzene rings is 2. The average molecular weight is 585 g/mol. The number of aromatic nitrogens is 2. The Balaban J connectivity index is 1.24. The van der Waals surface area contributed by atoms with E-state index >= 15 is 0 Å². The van der Waals surface area contributed by atoms with Crippen molar-refractivity contribution < 1.29 is 19.5 Å². The van der Waals surface area contributed by atoms with Gasteiger partial charge < -0.3 is 25.2 Å². The number of carbonyl (C=O) groups excluding carboxylic acids is 3. The quantitative estimate of drug-likeness (QED) is 0.273. The van der Waals surface area contributed by atoms with Gasteiger partial charge in [-0.05, 0) is 49.4 Å². The Morgan fingerprint density at radius 2 is 1.62 bits per heavy atom. The van der Waals surface area contributed by atoms with Gasteiger partial charge >= 0.3 is 0 Å². The van der Waals surface area contributed by atoms with Crippen molar-refractivity contribution in [2.75, 3.05) is 29.1 Å². The first kappa shape index (κ1) is 27.9. The van der Waals surface area contributed by atoms with Crippen LogP contribution in [0.25, 0.3) is 0 Å². The number of imidazole rings is 1. The molecule has 2 aliphatic carbocycles. The van der Waals surface area contributed by atoms with Crippen molar-refractivity contribution in [3.8, 4) is 11.8 Å². The highest BCUT2D eigenvalue weighted by Gasteiger charge is 2.39. The van der Waals surface area contributed by atoms with Crippen LogP contribution in [-0.2, 0) is 22.4 Å². The van der Waals surface area contributed by atoms with Crippen molar-refractivity contribution >= 4 is 46.7 Å². The van der Waals surface area contributed by atoms with Crippen molar-refractivity contribution in [1.82, 2.24) is 14.5 Å². The van der Waals surface area contributed by atoms with E-state index in [1.807, 2.05) is 30.3 Å². The maximum Gasteiger partial charge on any atom is 0.277 e. The van der Waals surface area contributed by atoms with Crippen LogP contribution in [0.2, 0.25) is 0 Å². The SMILES string of the molecule is CN1C(=O)c2c(nc(SCc3ccccc3)n2C)N(CC#Cc2cc(NC(=O)C3CC3)cc(NC(=O)C3CC3)c2)C1O. The molecule has 0 bridgehead atoms. The summed E-state index contributed by atoms with van der Waals surface area (Å²) in [6.45, 7) is 0.0913. The lowest BCUT2D eigenvalue weighted by molar-refractivity contribution is -0.118. The predicted octanol–water partition coefficient (Wildman–Crippen LogP) is 3.63. The van der Waals surface area contributed by atoms with E-state index < -0.39 is 6.35 Å². The molecule has 2 saturated carbocycles. The number of hydrogen-bond donors (Lipinski definition) is 3. The summed E-state index contributed by atoms with van der Waals surface area (Å²) >= 11 is 1.51. The molecular formula is C31H32N6O4S. The topological polar surface area (TPSA) is 120 Å². The van der Waals surface area contributed by atoms with Gasteiger partial charge in [0, 0.05) is 48.6 Å². The molecule has 1 aromatic heterocycles. The predicted molar refractivity (Wildman–Crippen MR) is 161 cm³/mol. The third-order valence-corrected chi connectivity index (χ3v) is 8.61. The summed E-state index contributed by atoms with van der Waals surface area (Å²) in [5.74, 6) is 6.94. The van der Waals surface area contributed by atoms with Gasteiger partial charge in [-0.25, -0.2) is 4.98 Å². The second kappa shape index (κ2) is 11.5. The van der Waals surface area contributed by atoms with Crippen LogP contribution >= 0.6 is 11.8 Å². The summed E-state index contributed by atoms with van der Waals surface area (Å²) in [5.41, 5.74) is 3.26. The van der Waals surface area contributed by atoms with Crippen molar-refractivity contribution in [3.63, 3.8) is 0 Å². The fraction of sp³-hybridized carbons (Fsp3) is 0.355. The number of rotatable bonds is 8. The van der Waals surface area contributed by atoms with E-state index in [1.54, 1.807) is 41.8 Å². The van der Waals surface area contributed by atoms with Crippen molar-refractivity contribution in [3.05, 3.63) is 65.4 Å². The van der Waals surface area contributed by atoms with E-state index in [9.17, 15) is 19.5 Å². The maximum atomic E-state index is 13.1. The number of nitrogens with one attached hydrogen (secondary N) is 2. The molecule has 0 spiro atoms. The van der Waals surface area contributed by atoms with Gasteiger partial charge in [-0.3, -0.25) is 19.3 Å². The summed E-state index contributed by atoms with van der Waals surface area (Å²) in [4.78, 5) is 45.5. The van der Waals surface area contributed by atoms with Crippen LogP contribution in [-0.4, -0.2) is 57.2 Å².